The Bertz CT molecular complexity index is 522. The van der Waals surface area contributed by atoms with Crippen LogP contribution in [0.2, 0.25) is 0 Å². The molecular formula is C15H24N4OS. The SMILES string of the molecule is CCN1CCc2nc(NC(=O)C3(N)CCCCC3)sc2C1. The first kappa shape index (κ1) is 14.9. The van der Waals surface area contributed by atoms with E-state index in [2.05, 4.69) is 22.1 Å². The summed E-state index contributed by atoms with van der Waals surface area (Å²) in [6.45, 7) is 5.25. The molecule has 0 unspecified atom stereocenters. The second kappa shape index (κ2) is 6.02. The quantitative estimate of drug-likeness (QED) is 0.897. The zero-order valence-electron chi connectivity index (χ0n) is 12.7. The third kappa shape index (κ3) is 3.12. The van der Waals surface area contributed by atoms with Crippen LogP contribution in [0.1, 0.15) is 49.6 Å². The van der Waals surface area contributed by atoms with Gasteiger partial charge in [0.1, 0.15) is 0 Å². The highest BCUT2D eigenvalue weighted by atomic mass is 32.1. The van der Waals surface area contributed by atoms with Gasteiger partial charge < -0.3 is 11.1 Å². The van der Waals surface area contributed by atoms with Crippen LogP contribution in [-0.4, -0.2) is 34.4 Å². The molecule has 6 heteroatoms. The van der Waals surface area contributed by atoms with Gasteiger partial charge in [-0.1, -0.05) is 26.2 Å². The maximum absolute atomic E-state index is 12.4. The predicted octanol–water partition coefficient (Wildman–Crippen LogP) is 2.12. The normalized spacial score (nSPS) is 21.8. The average Bonchev–Trinajstić information content (AvgIpc) is 2.89. The van der Waals surface area contributed by atoms with Gasteiger partial charge in [-0.3, -0.25) is 9.69 Å². The smallest absolute Gasteiger partial charge is 0.246 e. The van der Waals surface area contributed by atoms with Gasteiger partial charge in [-0.15, -0.1) is 11.3 Å². The van der Waals surface area contributed by atoms with Gasteiger partial charge in [0.25, 0.3) is 0 Å². The van der Waals surface area contributed by atoms with Crippen LogP contribution in [-0.2, 0) is 17.8 Å². The number of amides is 1. The van der Waals surface area contributed by atoms with Crippen molar-refractivity contribution in [2.45, 2.75) is 57.5 Å². The van der Waals surface area contributed by atoms with Crippen molar-refractivity contribution in [1.29, 1.82) is 0 Å². The Morgan fingerprint density at radius 3 is 2.90 bits per heavy atom. The van der Waals surface area contributed by atoms with E-state index in [1.807, 2.05) is 0 Å². The highest BCUT2D eigenvalue weighted by Gasteiger charge is 2.36. The molecule has 1 fully saturated rings. The first-order valence-corrected chi connectivity index (χ1v) is 8.73. The van der Waals surface area contributed by atoms with Gasteiger partial charge in [-0.2, -0.15) is 0 Å². The van der Waals surface area contributed by atoms with E-state index in [4.69, 9.17) is 5.73 Å². The molecule has 1 aliphatic carbocycles. The number of nitrogens with two attached hydrogens (primary N) is 1. The first-order chi connectivity index (χ1) is 10.1. The number of fused-ring (bicyclic) bond motifs is 1. The number of hydrogen-bond donors (Lipinski definition) is 2. The molecule has 1 aliphatic heterocycles. The summed E-state index contributed by atoms with van der Waals surface area (Å²) in [5, 5.41) is 3.69. The van der Waals surface area contributed by atoms with Crippen molar-refractivity contribution in [1.82, 2.24) is 9.88 Å². The monoisotopic (exact) mass is 308 g/mol. The van der Waals surface area contributed by atoms with Crippen molar-refractivity contribution < 1.29 is 4.79 Å². The van der Waals surface area contributed by atoms with Crippen molar-refractivity contribution in [3.8, 4) is 0 Å². The lowest BCUT2D eigenvalue weighted by atomic mass is 9.82. The molecule has 1 saturated carbocycles. The van der Waals surface area contributed by atoms with Gasteiger partial charge >= 0.3 is 0 Å². The Balaban J connectivity index is 1.68. The minimum atomic E-state index is -0.695. The lowest BCUT2D eigenvalue weighted by Gasteiger charge is -2.31. The minimum absolute atomic E-state index is 0.0550. The fourth-order valence-electron chi connectivity index (χ4n) is 3.20. The Morgan fingerprint density at radius 1 is 1.43 bits per heavy atom. The van der Waals surface area contributed by atoms with Gasteiger partial charge in [-0.25, -0.2) is 4.98 Å². The number of carbonyl (C=O) groups is 1. The Kier molecular flexibility index (Phi) is 4.28. The third-order valence-corrected chi connectivity index (χ3v) is 5.67. The molecule has 116 valence electrons. The van der Waals surface area contributed by atoms with Crippen molar-refractivity contribution in [2.24, 2.45) is 5.73 Å². The third-order valence-electron chi connectivity index (χ3n) is 4.68. The minimum Gasteiger partial charge on any atom is -0.317 e. The number of hydrogen-bond acceptors (Lipinski definition) is 5. The molecule has 0 saturated heterocycles. The van der Waals surface area contributed by atoms with Crippen molar-refractivity contribution in [2.75, 3.05) is 18.4 Å². The molecule has 0 spiro atoms. The van der Waals surface area contributed by atoms with Crippen LogP contribution >= 0.6 is 11.3 Å². The van der Waals surface area contributed by atoms with E-state index >= 15 is 0 Å². The molecule has 3 N–H and O–H groups in total. The topological polar surface area (TPSA) is 71.2 Å². The van der Waals surface area contributed by atoms with Crippen LogP contribution in [0, 0.1) is 0 Å². The zero-order chi connectivity index (χ0) is 14.9. The van der Waals surface area contributed by atoms with Crippen molar-refractivity contribution in [3.05, 3.63) is 10.6 Å². The molecule has 2 heterocycles. The number of nitrogens with zero attached hydrogens (tertiary/aromatic N) is 2. The van der Waals surface area contributed by atoms with E-state index in [9.17, 15) is 4.79 Å². The summed E-state index contributed by atoms with van der Waals surface area (Å²) in [7, 11) is 0. The summed E-state index contributed by atoms with van der Waals surface area (Å²) in [5.74, 6) is -0.0550. The highest BCUT2D eigenvalue weighted by Crippen LogP contribution is 2.31. The number of thiazole rings is 1. The molecule has 21 heavy (non-hydrogen) atoms. The number of likely N-dealkylation sites (N-methyl/N-ethyl adjacent to an activating group) is 1. The van der Waals surface area contributed by atoms with Crippen LogP contribution in [0.3, 0.4) is 0 Å². The molecule has 0 bridgehead atoms. The van der Waals surface area contributed by atoms with Gasteiger partial charge in [0.2, 0.25) is 5.91 Å². The summed E-state index contributed by atoms with van der Waals surface area (Å²) < 4.78 is 0. The second-order valence-electron chi connectivity index (χ2n) is 6.18. The average molecular weight is 308 g/mol. The summed E-state index contributed by atoms with van der Waals surface area (Å²) in [6, 6.07) is 0. The molecule has 1 aromatic heterocycles. The zero-order valence-corrected chi connectivity index (χ0v) is 13.5. The molecule has 0 radical (unpaired) electrons. The standard InChI is InChI=1S/C15H24N4OS/c1-2-19-9-6-11-12(10-19)21-14(17-11)18-13(20)15(16)7-4-3-5-8-15/h2-10,16H2,1H3,(H,17,18,20). The number of aromatic nitrogens is 1. The molecule has 1 aromatic rings. The van der Waals surface area contributed by atoms with Gasteiger partial charge in [0.15, 0.2) is 5.13 Å². The van der Waals surface area contributed by atoms with Crippen molar-refractivity contribution in [3.63, 3.8) is 0 Å². The second-order valence-corrected chi connectivity index (χ2v) is 7.26. The summed E-state index contributed by atoms with van der Waals surface area (Å²) in [4.78, 5) is 20.7. The van der Waals surface area contributed by atoms with E-state index in [0.717, 1.165) is 62.6 Å². The molecule has 0 aromatic carbocycles. The first-order valence-electron chi connectivity index (χ1n) is 7.92. The van der Waals surface area contributed by atoms with Crippen LogP contribution in [0.5, 0.6) is 0 Å². The summed E-state index contributed by atoms with van der Waals surface area (Å²) in [6.07, 6.45) is 5.82. The lowest BCUT2D eigenvalue weighted by Crippen LogP contribution is -2.52. The van der Waals surface area contributed by atoms with Gasteiger partial charge in [-0.05, 0) is 19.4 Å². The Morgan fingerprint density at radius 2 is 2.19 bits per heavy atom. The fourth-order valence-corrected chi connectivity index (χ4v) is 4.25. The Labute approximate surface area is 129 Å². The van der Waals surface area contributed by atoms with Crippen LogP contribution < -0.4 is 11.1 Å². The fraction of sp³-hybridized carbons (Fsp3) is 0.733. The highest BCUT2D eigenvalue weighted by molar-refractivity contribution is 7.15. The van der Waals surface area contributed by atoms with Crippen LogP contribution in [0.4, 0.5) is 5.13 Å². The lowest BCUT2D eigenvalue weighted by molar-refractivity contribution is -0.122. The van der Waals surface area contributed by atoms with E-state index in [1.54, 1.807) is 11.3 Å². The molecule has 0 atom stereocenters. The largest absolute Gasteiger partial charge is 0.317 e. The molecule has 5 nitrogen and oxygen atoms in total. The number of nitrogens with one attached hydrogen (secondary N) is 1. The van der Waals surface area contributed by atoms with Gasteiger partial charge in [0, 0.05) is 24.4 Å². The Hall–Kier alpha value is -0.980. The van der Waals surface area contributed by atoms with E-state index in [1.165, 1.54) is 11.3 Å². The number of anilines is 1. The van der Waals surface area contributed by atoms with Crippen molar-refractivity contribution >= 4 is 22.4 Å². The molecule has 3 rings (SSSR count). The molecule has 1 amide bonds. The number of rotatable bonds is 3. The predicted molar refractivity (Wildman–Crippen MR) is 85.4 cm³/mol. The van der Waals surface area contributed by atoms with Gasteiger partial charge in [0.05, 0.1) is 11.2 Å². The van der Waals surface area contributed by atoms with E-state index < -0.39 is 5.54 Å². The van der Waals surface area contributed by atoms with E-state index in [0.29, 0.717) is 0 Å². The number of carbonyl (C=O) groups excluding carboxylic acids is 1. The van der Waals surface area contributed by atoms with Crippen LogP contribution in [0.15, 0.2) is 0 Å². The summed E-state index contributed by atoms with van der Waals surface area (Å²) in [5.41, 5.74) is 6.73. The molecular weight excluding hydrogens is 284 g/mol. The van der Waals surface area contributed by atoms with Crippen LogP contribution in [0.25, 0.3) is 0 Å². The maximum Gasteiger partial charge on any atom is 0.246 e. The molecule has 2 aliphatic rings. The maximum atomic E-state index is 12.4. The van der Waals surface area contributed by atoms with E-state index in [-0.39, 0.29) is 5.91 Å². The summed E-state index contributed by atoms with van der Waals surface area (Å²) >= 11 is 1.61.